The molecule has 0 radical (unpaired) electrons. The maximum absolute atomic E-state index is 6.15. The van der Waals surface area contributed by atoms with Gasteiger partial charge in [0.15, 0.2) is 5.96 Å². The molecule has 0 amide bonds. The number of halogens is 1. The number of hydrogen-bond donors (Lipinski definition) is 2. The second-order valence-corrected chi connectivity index (χ2v) is 8.57. The van der Waals surface area contributed by atoms with E-state index in [4.69, 9.17) is 4.74 Å². The van der Waals surface area contributed by atoms with Crippen LogP contribution in [0.25, 0.3) is 0 Å². The molecule has 1 aromatic rings. The molecule has 0 saturated carbocycles. The van der Waals surface area contributed by atoms with E-state index < -0.39 is 0 Å². The minimum absolute atomic E-state index is 0. The molecule has 29 heavy (non-hydrogen) atoms. The van der Waals surface area contributed by atoms with Gasteiger partial charge >= 0.3 is 0 Å². The van der Waals surface area contributed by atoms with E-state index in [1.54, 1.807) is 0 Å². The smallest absolute Gasteiger partial charge is 0.191 e. The summed E-state index contributed by atoms with van der Waals surface area (Å²) in [6, 6.07) is 8.98. The lowest BCUT2D eigenvalue weighted by Gasteiger charge is -2.39. The van der Waals surface area contributed by atoms with Gasteiger partial charge in [-0.1, -0.05) is 25.1 Å². The van der Waals surface area contributed by atoms with Crippen molar-refractivity contribution in [2.45, 2.75) is 51.8 Å². The van der Waals surface area contributed by atoms with Crippen LogP contribution in [-0.4, -0.2) is 73.7 Å². The maximum atomic E-state index is 6.15. The van der Waals surface area contributed by atoms with Crippen LogP contribution in [0.1, 0.15) is 45.7 Å². The first-order chi connectivity index (χ1) is 13.4. The molecule has 2 aliphatic rings. The highest BCUT2D eigenvalue weighted by Gasteiger charge is 2.34. The summed E-state index contributed by atoms with van der Waals surface area (Å²) >= 11 is 0. The van der Waals surface area contributed by atoms with Gasteiger partial charge in [0.25, 0.3) is 0 Å². The molecule has 1 fully saturated rings. The molecular formula is C22H38IN5O. The van der Waals surface area contributed by atoms with Crippen molar-refractivity contribution in [1.29, 1.82) is 0 Å². The van der Waals surface area contributed by atoms with E-state index in [-0.39, 0.29) is 35.6 Å². The van der Waals surface area contributed by atoms with Gasteiger partial charge in [0.1, 0.15) is 11.4 Å². The van der Waals surface area contributed by atoms with E-state index in [2.05, 4.69) is 71.3 Å². The zero-order chi connectivity index (χ0) is 20.1. The van der Waals surface area contributed by atoms with Crippen LogP contribution in [0.3, 0.4) is 0 Å². The number of ether oxygens (including phenoxy) is 1. The number of nitrogens with zero attached hydrogens (tertiary/aromatic N) is 3. The molecular weight excluding hydrogens is 477 g/mol. The summed E-state index contributed by atoms with van der Waals surface area (Å²) < 4.78 is 6.15. The Kier molecular flexibility index (Phi) is 9.03. The number of hydrogen-bond acceptors (Lipinski definition) is 4. The zero-order valence-corrected chi connectivity index (χ0v) is 20.9. The molecule has 2 N–H and O–H groups in total. The minimum Gasteiger partial charge on any atom is -0.487 e. The molecule has 2 heterocycles. The summed E-state index contributed by atoms with van der Waals surface area (Å²) in [6.45, 7) is 15.5. The Balaban J connectivity index is 0.00000300. The number of benzene rings is 1. The predicted octanol–water partition coefficient (Wildman–Crippen LogP) is 3.10. The normalized spacial score (nSPS) is 23.3. The fraction of sp³-hybridized carbons (Fsp3) is 0.682. The van der Waals surface area contributed by atoms with Crippen molar-refractivity contribution < 1.29 is 4.74 Å². The largest absolute Gasteiger partial charge is 0.487 e. The molecule has 0 aliphatic carbocycles. The van der Waals surface area contributed by atoms with Gasteiger partial charge in [-0.05, 0) is 33.4 Å². The Hall–Kier alpha value is -1.06. The molecule has 0 spiro atoms. The average molecular weight is 515 g/mol. The molecule has 0 bridgehead atoms. The van der Waals surface area contributed by atoms with Crippen LogP contribution in [0.5, 0.6) is 5.75 Å². The number of aliphatic imine (C=N–C) groups is 1. The fourth-order valence-corrected chi connectivity index (χ4v) is 4.18. The molecule has 3 rings (SSSR count). The van der Waals surface area contributed by atoms with Crippen molar-refractivity contribution in [3.8, 4) is 5.75 Å². The summed E-state index contributed by atoms with van der Waals surface area (Å²) in [6.07, 6.45) is 0.902. The number of para-hydroxylation sites is 1. The quantitative estimate of drug-likeness (QED) is 0.359. The monoisotopic (exact) mass is 515 g/mol. The molecule has 164 valence electrons. The first-order valence-corrected chi connectivity index (χ1v) is 10.6. The average Bonchev–Trinajstić information content (AvgIpc) is 2.70. The summed E-state index contributed by atoms with van der Waals surface area (Å²) in [5.41, 5.74) is 1.01. The summed E-state index contributed by atoms with van der Waals surface area (Å²) in [5.74, 6) is 1.82. The first-order valence-electron chi connectivity index (χ1n) is 10.6. The van der Waals surface area contributed by atoms with Crippen LogP contribution in [-0.2, 0) is 0 Å². The summed E-state index contributed by atoms with van der Waals surface area (Å²) in [7, 11) is 1.84. The van der Waals surface area contributed by atoms with Gasteiger partial charge in [-0.25, -0.2) is 0 Å². The topological polar surface area (TPSA) is 52.1 Å². The van der Waals surface area contributed by atoms with Gasteiger partial charge in [0.2, 0.25) is 0 Å². The van der Waals surface area contributed by atoms with Gasteiger partial charge in [0.05, 0.1) is 6.04 Å². The minimum atomic E-state index is -0.197. The van der Waals surface area contributed by atoms with Gasteiger partial charge in [-0.15, -0.1) is 24.0 Å². The number of fused-ring (bicyclic) bond motifs is 1. The van der Waals surface area contributed by atoms with Crippen molar-refractivity contribution >= 4 is 29.9 Å². The molecule has 2 unspecified atom stereocenters. The van der Waals surface area contributed by atoms with E-state index in [1.165, 1.54) is 18.7 Å². The predicted molar refractivity (Wildman–Crippen MR) is 132 cm³/mol. The van der Waals surface area contributed by atoms with E-state index in [9.17, 15) is 0 Å². The van der Waals surface area contributed by atoms with Gasteiger partial charge in [-0.3, -0.25) is 9.89 Å². The molecule has 1 aromatic carbocycles. The summed E-state index contributed by atoms with van der Waals surface area (Å²) in [4.78, 5) is 9.56. The lowest BCUT2D eigenvalue weighted by molar-refractivity contribution is 0.0693. The molecule has 2 atom stereocenters. The van der Waals surface area contributed by atoms with Crippen LogP contribution in [0.2, 0.25) is 0 Å². The maximum Gasteiger partial charge on any atom is 0.191 e. The van der Waals surface area contributed by atoms with Crippen molar-refractivity contribution in [2.24, 2.45) is 4.99 Å². The Bertz CT molecular complexity index is 673. The Morgan fingerprint density at radius 1 is 1.24 bits per heavy atom. The standard InChI is InChI=1S/C22H37N5O.HI/c1-6-26-11-13-27(14-12-26)17(2)16-24-21(23-5)25-19-15-22(3,4)28-20-10-8-7-9-18(19)20;/h7-10,17,19H,6,11-16H2,1-5H3,(H2,23,24,25);1H. The number of piperazine rings is 1. The summed E-state index contributed by atoms with van der Waals surface area (Å²) in [5, 5.41) is 7.16. The van der Waals surface area contributed by atoms with Crippen LogP contribution in [0.4, 0.5) is 0 Å². The van der Waals surface area contributed by atoms with E-state index in [1.807, 2.05) is 13.1 Å². The van der Waals surface area contributed by atoms with Crippen LogP contribution in [0.15, 0.2) is 29.3 Å². The lowest BCUT2D eigenvalue weighted by Crippen LogP contribution is -2.53. The van der Waals surface area contributed by atoms with Crippen molar-refractivity contribution in [3.63, 3.8) is 0 Å². The van der Waals surface area contributed by atoms with Gasteiger partial charge < -0.3 is 20.3 Å². The number of rotatable bonds is 5. The van der Waals surface area contributed by atoms with Crippen molar-refractivity contribution in [2.75, 3.05) is 46.3 Å². The molecule has 2 aliphatic heterocycles. The van der Waals surface area contributed by atoms with Crippen molar-refractivity contribution in [3.05, 3.63) is 29.8 Å². The highest BCUT2D eigenvalue weighted by Crippen LogP contribution is 2.39. The van der Waals surface area contributed by atoms with Crippen LogP contribution < -0.4 is 15.4 Å². The number of guanidine groups is 1. The molecule has 1 saturated heterocycles. The van der Waals surface area contributed by atoms with Crippen LogP contribution in [0, 0.1) is 0 Å². The highest BCUT2D eigenvalue weighted by atomic mass is 127. The van der Waals surface area contributed by atoms with Gasteiger partial charge in [-0.2, -0.15) is 0 Å². The second kappa shape index (κ2) is 10.8. The third-order valence-corrected chi connectivity index (χ3v) is 5.95. The second-order valence-electron chi connectivity index (χ2n) is 8.57. The van der Waals surface area contributed by atoms with Crippen molar-refractivity contribution in [1.82, 2.24) is 20.4 Å². The Morgan fingerprint density at radius 3 is 2.59 bits per heavy atom. The zero-order valence-electron chi connectivity index (χ0n) is 18.6. The Morgan fingerprint density at radius 2 is 1.93 bits per heavy atom. The molecule has 6 nitrogen and oxygen atoms in total. The fourth-order valence-electron chi connectivity index (χ4n) is 4.18. The lowest BCUT2D eigenvalue weighted by atomic mass is 9.90. The highest BCUT2D eigenvalue weighted by molar-refractivity contribution is 14.0. The SMILES string of the molecule is CCN1CCN(C(C)CNC(=NC)NC2CC(C)(C)Oc3ccccc32)CC1.I. The first kappa shape index (κ1) is 24.2. The van der Waals surface area contributed by atoms with E-state index in [0.29, 0.717) is 6.04 Å². The third-order valence-electron chi connectivity index (χ3n) is 5.95. The van der Waals surface area contributed by atoms with E-state index in [0.717, 1.165) is 44.3 Å². The van der Waals surface area contributed by atoms with E-state index >= 15 is 0 Å². The van der Waals surface area contributed by atoms with Crippen LogP contribution >= 0.6 is 24.0 Å². The Labute approximate surface area is 193 Å². The molecule has 7 heteroatoms. The number of nitrogens with one attached hydrogen (secondary N) is 2. The molecule has 0 aromatic heterocycles. The number of likely N-dealkylation sites (N-methyl/N-ethyl adjacent to an activating group) is 1. The third kappa shape index (κ3) is 6.46. The van der Waals surface area contributed by atoms with Gasteiger partial charge in [0, 0.05) is 57.8 Å².